The zero-order valence-electron chi connectivity index (χ0n) is 14.7. The van der Waals surface area contributed by atoms with E-state index in [-0.39, 0.29) is 24.1 Å². The average Bonchev–Trinajstić information content (AvgIpc) is 3.01. The topological polar surface area (TPSA) is 85.6 Å². The summed E-state index contributed by atoms with van der Waals surface area (Å²) >= 11 is 0. The lowest BCUT2D eigenvalue weighted by atomic mass is 10.1. The summed E-state index contributed by atoms with van der Waals surface area (Å²) in [5.41, 5.74) is 0.933. The summed E-state index contributed by atoms with van der Waals surface area (Å²) in [6.07, 6.45) is 0. The number of Topliss-reactive ketones (excluding diaryl/α,β-unsaturated/α-hetero) is 1. The molecule has 1 heterocycles. The minimum atomic E-state index is -0.712. The van der Waals surface area contributed by atoms with Gasteiger partial charge in [-0.2, -0.15) is 0 Å². The summed E-state index contributed by atoms with van der Waals surface area (Å²) in [4.78, 5) is 34.9. The van der Waals surface area contributed by atoms with Crippen molar-refractivity contribution in [2.75, 3.05) is 6.61 Å². The van der Waals surface area contributed by atoms with Gasteiger partial charge in [0.05, 0.1) is 0 Å². The molecule has 0 atom stereocenters. The molecule has 0 saturated heterocycles. The molecule has 0 fully saturated rings. The third-order valence-corrected chi connectivity index (χ3v) is 3.23. The number of carbonyl (C=O) groups excluding carboxylic acids is 3. The number of hydrogen-bond donors (Lipinski definition) is 1. The number of carbonyl (C=O) groups is 3. The molecule has 2 aromatic rings. The highest BCUT2D eigenvalue weighted by molar-refractivity contribution is 5.94. The highest BCUT2D eigenvalue weighted by Gasteiger charge is 2.18. The molecule has 0 aliphatic heterocycles. The van der Waals surface area contributed by atoms with E-state index in [1.165, 1.54) is 13.0 Å². The number of amides is 1. The Morgan fingerprint density at radius 3 is 2.24 bits per heavy atom. The molecule has 6 heteroatoms. The number of ether oxygens (including phenoxy) is 1. The summed E-state index contributed by atoms with van der Waals surface area (Å²) in [7, 11) is 0. The predicted molar refractivity (Wildman–Crippen MR) is 92.3 cm³/mol. The molecule has 1 aromatic carbocycles. The quantitative estimate of drug-likeness (QED) is 0.665. The van der Waals surface area contributed by atoms with Crippen molar-refractivity contribution in [3.8, 4) is 11.3 Å². The Morgan fingerprint density at radius 2 is 1.68 bits per heavy atom. The van der Waals surface area contributed by atoms with Crippen LogP contribution in [-0.4, -0.2) is 29.8 Å². The van der Waals surface area contributed by atoms with Gasteiger partial charge in [-0.3, -0.25) is 9.59 Å². The Bertz CT molecular complexity index is 781. The van der Waals surface area contributed by atoms with Crippen molar-refractivity contribution in [2.45, 2.75) is 33.2 Å². The predicted octanol–water partition coefficient (Wildman–Crippen LogP) is 3.22. The Balaban J connectivity index is 1.99. The molecule has 0 spiro atoms. The molecule has 132 valence electrons. The van der Waals surface area contributed by atoms with Crippen molar-refractivity contribution < 1.29 is 23.5 Å². The van der Waals surface area contributed by atoms with Gasteiger partial charge in [0.1, 0.15) is 5.76 Å². The van der Waals surface area contributed by atoms with Crippen LogP contribution in [0.2, 0.25) is 0 Å². The van der Waals surface area contributed by atoms with E-state index < -0.39 is 11.5 Å². The lowest BCUT2D eigenvalue weighted by Gasteiger charge is -2.20. The van der Waals surface area contributed by atoms with Crippen LogP contribution in [0.5, 0.6) is 0 Å². The number of nitrogens with one attached hydrogen (secondary N) is 1. The molecule has 1 N–H and O–H groups in total. The molecule has 6 nitrogen and oxygen atoms in total. The number of esters is 1. The largest absolute Gasteiger partial charge is 0.450 e. The Hall–Kier alpha value is -2.89. The van der Waals surface area contributed by atoms with E-state index in [0.29, 0.717) is 11.3 Å². The van der Waals surface area contributed by atoms with Gasteiger partial charge in [0.15, 0.2) is 12.4 Å². The highest BCUT2D eigenvalue weighted by Crippen LogP contribution is 2.23. The molecule has 0 aliphatic rings. The molecule has 1 aromatic heterocycles. The van der Waals surface area contributed by atoms with Gasteiger partial charge < -0.3 is 14.5 Å². The third-order valence-electron chi connectivity index (χ3n) is 3.23. The molecule has 1 amide bonds. The van der Waals surface area contributed by atoms with E-state index >= 15 is 0 Å². The molecule has 0 aliphatic carbocycles. The normalized spacial score (nSPS) is 11.0. The molecular weight excluding hydrogens is 322 g/mol. The molecule has 0 unspecified atom stereocenters. The number of rotatable bonds is 5. The summed E-state index contributed by atoms with van der Waals surface area (Å²) in [6, 6.07) is 9.97. The molecule has 25 heavy (non-hydrogen) atoms. The van der Waals surface area contributed by atoms with Crippen LogP contribution in [-0.2, 0) is 9.53 Å². The van der Waals surface area contributed by atoms with E-state index in [4.69, 9.17) is 9.15 Å². The van der Waals surface area contributed by atoms with Crippen molar-refractivity contribution in [2.24, 2.45) is 0 Å². The monoisotopic (exact) mass is 343 g/mol. The lowest BCUT2D eigenvalue weighted by Crippen LogP contribution is -2.42. The van der Waals surface area contributed by atoms with Crippen LogP contribution in [0.15, 0.2) is 40.8 Å². The maximum atomic E-state index is 12.0. The summed E-state index contributed by atoms with van der Waals surface area (Å²) in [5, 5.41) is 2.70. The smallest absolute Gasteiger partial charge is 0.374 e. The summed E-state index contributed by atoms with van der Waals surface area (Å²) in [5.74, 6) is -0.637. The maximum Gasteiger partial charge on any atom is 0.374 e. The Kier molecular flexibility index (Phi) is 5.41. The molecule has 2 rings (SSSR count). The first kappa shape index (κ1) is 18.4. The van der Waals surface area contributed by atoms with Crippen LogP contribution in [0.25, 0.3) is 11.3 Å². The van der Waals surface area contributed by atoms with Crippen LogP contribution < -0.4 is 5.32 Å². The lowest BCUT2D eigenvalue weighted by molar-refractivity contribution is -0.125. The van der Waals surface area contributed by atoms with E-state index in [1.807, 2.05) is 20.8 Å². The van der Waals surface area contributed by atoms with Gasteiger partial charge in [0.2, 0.25) is 5.76 Å². The van der Waals surface area contributed by atoms with Gasteiger partial charge in [0.25, 0.3) is 5.91 Å². The molecule has 0 radical (unpaired) electrons. The first-order chi connectivity index (χ1) is 11.7. The molecular formula is C19H21NO5. The second-order valence-corrected chi connectivity index (χ2v) is 6.67. The van der Waals surface area contributed by atoms with Gasteiger partial charge in [-0.25, -0.2) is 4.79 Å². The van der Waals surface area contributed by atoms with Crippen LogP contribution in [0.1, 0.15) is 48.6 Å². The first-order valence-corrected chi connectivity index (χ1v) is 7.85. The highest BCUT2D eigenvalue weighted by atomic mass is 16.5. The first-order valence-electron chi connectivity index (χ1n) is 7.85. The fourth-order valence-electron chi connectivity index (χ4n) is 2.13. The van der Waals surface area contributed by atoms with Crippen molar-refractivity contribution in [3.63, 3.8) is 0 Å². The van der Waals surface area contributed by atoms with E-state index in [0.717, 1.165) is 5.56 Å². The fourth-order valence-corrected chi connectivity index (χ4v) is 2.13. The van der Waals surface area contributed by atoms with Crippen LogP contribution >= 0.6 is 0 Å². The third kappa shape index (κ3) is 5.31. The zero-order valence-corrected chi connectivity index (χ0v) is 14.7. The van der Waals surface area contributed by atoms with Crippen molar-refractivity contribution in [1.82, 2.24) is 5.32 Å². The van der Waals surface area contributed by atoms with Crippen molar-refractivity contribution in [1.29, 1.82) is 0 Å². The average molecular weight is 343 g/mol. The SMILES string of the molecule is CC(=O)c1ccc(-c2ccc(C(=O)OCC(=O)NC(C)(C)C)o2)cc1. The second-order valence-electron chi connectivity index (χ2n) is 6.67. The maximum absolute atomic E-state index is 12.0. The zero-order chi connectivity index (χ0) is 18.6. The Morgan fingerprint density at radius 1 is 1.04 bits per heavy atom. The summed E-state index contributed by atoms with van der Waals surface area (Å²) in [6.45, 7) is 6.62. The summed E-state index contributed by atoms with van der Waals surface area (Å²) < 4.78 is 10.4. The van der Waals surface area contributed by atoms with E-state index in [2.05, 4.69) is 5.32 Å². The van der Waals surface area contributed by atoms with Crippen molar-refractivity contribution in [3.05, 3.63) is 47.7 Å². The van der Waals surface area contributed by atoms with Crippen LogP contribution in [0.3, 0.4) is 0 Å². The second kappa shape index (κ2) is 7.34. The van der Waals surface area contributed by atoms with E-state index in [9.17, 15) is 14.4 Å². The number of ketones is 1. The Labute approximate surface area is 146 Å². The van der Waals surface area contributed by atoms with Crippen LogP contribution in [0, 0.1) is 0 Å². The fraction of sp³-hybridized carbons (Fsp3) is 0.316. The van der Waals surface area contributed by atoms with Gasteiger partial charge in [-0.15, -0.1) is 0 Å². The van der Waals surface area contributed by atoms with Crippen molar-refractivity contribution >= 4 is 17.7 Å². The molecule has 0 bridgehead atoms. The number of furan rings is 1. The van der Waals surface area contributed by atoms with E-state index in [1.54, 1.807) is 30.3 Å². The number of benzene rings is 1. The minimum Gasteiger partial charge on any atom is -0.450 e. The molecule has 0 saturated carbocycles. The van der Waals surface area contributed by atoms with Gasteiger partial charge in [-0.05, 0) is 39.8 Å². The van der Waals surface area contributed by atoms with Gasteiger partial charge in [0, 0.05) is 16.7 Å². The van der Waals surface area contributed by atoms with Gasteiger partial charge in [-0.1, -0.05) is 24.3 Å². The number of hydrogen-bond acceptors (Lipinski definition) is 5. The van der Waals surface area contributed by atoms with Crippen LogP contribution in [0.4, 0.5) is 0 Å². The van der Waals surface area contributed by atoms with Gasteiger partial charge >= 0.3 is 5.97 Å². The standard InChI is InChI=1S/C19H21NO5/c1-12(21)13-5-7-14(8-6-13)15-9-10-16(25-15)18(23)24-11-17(22)20-19(2,3)4/h5-10H,11H2,1-4H3,(H,20,22). The minimum absolute atomic E-state index is 0.00852.